The Balaban J connectivity index is 3.41. The lowest BCUT2D eigenvalue weighted by molar-refractivity contribution is -0.121. The van der Waals surface area contributed by atoms with Gasteiger partial charge in [-0.1, -0.05) is 65.2 Å². The molecule has 0 spiro atoms. The molecule has 0 radical (unpaired) electrons. The zero-order valence-electron chi connectivity index (χ0n) is 14.3. The van der Waals surface area contributed by atoms with Crippen molar-refractivity contribution in [2.45, 2.75) is 90.4 Å². The van der Waals surface area contributed by atoms with E-state index in [1.807, 2.05) is 0 Å². The Morgan fingerprint density at radius 3 is 1.82 bits per heavy atom. The van der Waals surface area contributed by atoms with Crippen molar-refractivity contribution in [2.75, 3.05) is 0 Å². The van der Waals surface area contributed by atoms with Crippen LogP contribution >= 0.6 is 0 Å². The van der Waals surface area contributed by atoms with E-state index in [0.29, 0.717) is 6.42 Å². The Hall–Kier alpha value is -0.620. The molecule has 0 rings (SSSR count). The first-order valence-electron chi connectivity index (χ1n) is 8.49. The van der Waals surface area contributed by atoms with Gasteiger partial charge in [0.05, 0.1) is 0 Å². The van der Waals surface area contributed by atoms with E-state index in [9.17, 15) is 13.2 Å². The zero-order valence-corrected chi connectivity index (χ0v) is 15.1. The number of amides is 1. The summed E-state index contributed by atoms with van der Waals surface area (Å²) in [7, 11) is -4.19. The quantitative estimate of drug-likeness (QED) is 0.395. The van der Waals surface area contributed by atoms with E-state index >= 15 is 0 Å². The van der Waals surface area contributed by atoms with Crippen LogP contribution in [0, 0.1) is 5.92 Å². The van der Waals surface area contributed by atoms with Crippen LogP contribution in [0.15, 0.2) is 0 Å². The maximum Gasteiger partial charge on any atom is 0.285 e. The van der Waals surface area contributed by atoms with Crippen LogP contribution in [0.3, 0.4) is 0 Å². The highest BCUT2D eigenvalue weighted by Gasteiger charge is 2.18. The lowest BCUT2D eigenvalue weighted by Crippen LogP contribution is -2.37. The van der Waals surface area contributed by atoms with Crippen LogP contribution in [0.2, 0.25) is 0 Å². The van der Waals surface area contributed by atoms with Gasteiger partial charge in [0.2, 0.25) is 5.91 Å². The summed E-state index contributed by atoms with van der Waals surface area (Å²) in [5.74, 6) is 0.480. The Labute approximate surface area is 136 Å². The van der Waals surface area contributed by atoms with Crippen LogP contribution in [0.1, 0.15) is 85.0 Å². The Bertz CT molecular complexity index is 393. The minimum atomic E-state index is -4.19. The second-order valence-electron chi connectivity index (χ2n) is 6.49. The monoisotopic (exact) mass is 335 g/mol. The van der Waals surface area contributed by atoms with Crippen molar-refractivity contribution in [3.05, 3.63) is 0 Å². The molecule has 1 unspecified atom stereocenters. The molecule has 0 fully saturated rings. The molecule has 5 nitrogen and oxygen atoms in total. The predicted molar refractivity (Wildman–Crippen MR) is 90.2 cm³/mol. The molecule has 0 saturated heterocycles. The van der Waals surface area contributed by atoms with Crippen molar-refractivity contribution in [1.82, 2.24) is 5.32 Å². The molecule has 0 bridgehead atoms. The van der Waals surface area contributed by atoms with Gasteiger partial charge in [-0.15, -0.1) is 0 Å². The summed E-state index contributed by atoms with van der Waals surface area (Å²) in [6.45, 7) is 5.77. The second kappa shape index (κ2) is 11.9. The Kier molecular flexibility index (Phi) is 11.5. The van der Waals surface area contributed by atoms with Crippen LogP contribution in [0.4, 0.5) is 0 Å². The molecule has 1 atom stereocenters. The first-order chi connectivity index (χ1) is 10.2. The van der Waals surface area contributed by atoms with E-state index in [0.717, 1.165) is 25.2 Å². The number of nitrogens with one attached hydrogen (secondary N) is 1. The second-order valence-corrected chi connectivity index (χ2v) is 8.22. The van der Waals surface area contributed by atoms with Crippen LogP contribution < -0.4 is 5.32 Å². The molecule has 0 aliphatic heterocycles. The van der Waals surface area contributed by atoms with Gasteiger partial charge in [0.1, 0.15) is 0 Å². The third-order valence-corrected chi connectivity index (χ3v) is 4.76. The first kappa shape index (κ1) is 21.4. The number of carbonyl (C=O) groups is 1. The molecule has 22 heavy (non-hydrogen) atoms. The van der Waals surface area contributed by atoms with Crippen LogP contribution in [-0.2, 0) is 14.9 Å². The molecule has 0 saturated carbocycles. The normalized spacial score (nSPS) is 13.3. The fourth-order valence-corrected chi connectivity index (χ4v) is 2.55. The summed E-state index contributed by atoms with van der Waals surface area (Å²) in [4.78, 5) is 11.5. The van der Waals surface area contributed by atoms with Gasteiger partial charge in [-0.25, -0.2) is 0 Å². The summed E-state index contributed by atoms with van der Waals surface area (Å²) < 4.78 is 30.3. The van der Waals surface area contributed by atoms with Crippen molar-refractivity contribution in [1.29, 1.82) is 0 Å². The molecule has 1 amide bonds. The SMILES string of the molecule is CC(C)CCCCCCCCCCC(=O)NC(C)S(=O)(=O)O. The van der Waals surface area contributed by atoms with Gasteiger partial charge < -0.3 is 5.32 Å². The van der Waals surface area contributed by atoms with Gasteiger partial charge in [-0.05, 0) is 19.3 Å². The molecular formula is C16H33NO4S. The van der Waals surface area contributed by atoms with Crippen molar-refractivity contribution >= 4 is 16.0 Å². The molecular weight excluding hydrogens is 302 g/mol. The lowest BCUT2D eigenvalue weighted by Gasteiger charge is -2.10. The van der Waals surface area contributed by atoms with Crippen LogP contribution in [0.5, 0.6) is 0 Å². The van der Waals surface area contributed by atoms with Crippen molar-refractivity contribution < 1.29 is 17.8 Å². The fourth-order valence-electron chi connectivity index (χ4n) is 2.27. The van der Waals surface area contributed by atoms with Gasteiger partial charge in [0, 0.05) is 6.42 Å². The summed E-state index contributed by atoms with van der Waals surface area (Å²) in [5, 5.41) is 1.05. The van der Waals surface area contributed by atoms with E-state index in [1.54, 1.807) is 0 Å². The third-order valence-electron chi connectivity index (χ3n) is 3.75. The van der Waals surface area contributed by atoms with Gasteiger partial charge in [0.25, 0.3) is 10.1 Å². The number of unbranched alkanes of at least 4 members (excludes halogenated alkanes) is 7. The van der Waals surface area contributed by atoms with E-state index in [4.69, 9.17) is 4.55 Å². The minimum absolute atomic E-state index is 0.314. The van der Waals surface area contributed by atoms with Gasteiger partial charge in [-0.2, -0.15) is 8.42 Å². The topological polar surface area (TPSA) is 83.5 Å². The molecule has 0 aromatic rings. The molecule has 132 valence electrons. The maximum atomic E-state index is 11.5. The van der Waals surface area contributed by atoms with E-state index in [-0.39, 0.29) is 5.91 Å². The third kappa shape index (κ3) is 13.1. The summed E-state index contributed by atoms with van der Waals surface area (Å²) in [5.41, 5.74) is 0. The first-order valence-corrected chi connectivity index (χ1v) is 9.99. The van der Waals surface area contributed by atoms with Crippen molar-refractivity contribution in [3.8, 4) is 0 Å². The Morgan fingerprint density at radius 2 is 1.36 bits per heavy atom. The van der Waals surface area contributed by atoms with E-state index in [1.165, 1.54) is 45.4 Å². The zero-order chi connectivity index (χ0) is 17.0. The van der Waals surface area contributed by atoms with E-state index < -0.39 is 15.5 Å². The summed E-state index contributed by atoms with van der Waals surface area (Å²) in [6, 6.07) is 0. The lowest BCUT2D eigenvalue weighted by atomic mass is 10.0. The maximum absolute atomic E-state index is 11.5. The standard InChI is InChI=1S/C16H33NO4S/c1-14(2)12-10-8-6-4-5-7-9-11-13-16(18)17-15(3)22(19,20)21/h14-15H,4-13H2,1-3H3,(H,17,18)(H,19,20,21). The largest absolute Gasteiger partial charge is 0.338 e. The average molecular weight is 336 g/mol. The number of hydrogen-bond acceptors (Lipinski definition) is 3. The molecule has 0 aromatic heterocycles. The summed E-state index contributed by atoms with van der Waals surface area (Å²) >= 11 is 0. The van der Waals surface area contributed by atoms with Crippen molar-refractivity contribution in [2.24, 2.45) is 5.92 Å². The highest BCUT2D eigenvalue weighted by atomic mass is 32.2. The molecule has 6 heteroatoms. The molecule has 2 N–H and O–H groups in total. The van der Waals surface area contributed by atoms with E-state index in [2.05, 4.69) is 19.2 Å². The smallest absolute Gasteiger partial charge is 0.285 e. The molecule has 0 aliphatic carbocycles. The molecule has 0 heterocycles. The number of hydrogen-bond donors (Lipinski definition) is 2. The predicted octanol–water partition coefficient (Wildman–Crippen LogP) is 3.89. The Morgan fingerprint density at radius 1 is 0.909 bits per heavy atom. The fraction of sp³-hybridized carbons (Fsp3) is 0.938. The van der Waals surface area contributed by atoms with Gasteiger partial charge in [-0.3, -0.25) is 9.35 Å². The molecule has 0 aromatic carbocycles. The van der Waals surface area contributed by atoms with Gasteiger partial charge in [0.15, 0.2) is 5.37 Å². The number of carbonyl (C=O) groups excluding carboxylic acids is 1. The highest BCUT2D eigenvalue weighted by Crippen LogP contribution is 2.13. The number of rotatable bonds is 13. The molecule has 0 aliphatic rings. The van der Waals surface area contributed by atoms with Gasteiger partial charge >= 0.3 is 0 Å². The van der Waals surface area contributed by atoms with Crippen molar-refractivity contribution in [3.63, 3.8) is 0 Å². The highest BCUT2D eigenvalue weighted by molar-refractivity contribution is 7.86. The average Bonchev–Trinajstić information content (AvgIpc) is 2.39. The van der Waals surface area contributed by atoms with Crippen LogP contribution in [-0.4, -0.2) is 24.3 Å². The van der Waals surface area contributed by atoms with Crippen LogP contribution in [0.25, 0.3) is 0 Å². The minimum Gasteiger partial charge on any atom is -0.338 e. The summed E-state index contributed by atoms with van der Waals surface area (Å²) in [6.07, 6.45) is 10.9.